The Morgan fingerprint density at radius 1 is 1.25 bits per heavy atom. The van der Waals surface area contributed by atoms with Crippen molar-refractivity contribution in [3.05, 3.63) is 30.0 Å². The van der Waals surface area contributed by atoms with Gasteiger partial charge >= 0.3 is 12.0 Å². The fraction of sp³-hybridized carbons (Fsp3) is 0.0833. The molecule has 1 aromatic carbocycles. The highest BCUT2D eigenvalue weighted by Crippen LogP contribution is 2.22. The second kappa shape index (κ2) is 5.31. The molecule has 0 aliphatic carbocycles. The molecule has 0 atom stereocenters. The van der Waals surface area contributed by atoms with Gasteiger partial charge in [0.15, 0.2) is 6.61 Å². The van der Waals surface area contributed by atoms with Gasteiger partial charge in [0.1, 0.15) is 5.58 Å². The van der Waals surface area contributed by atoms with Crippen molar-refractivity contribution in [3.8, 4) is 0 Å². The number of nitrogens with two attached hydrogens (primary N) is 2. The summed E-state index contributed by atoms with van der Waals surface area (Å²) in [4.78, 5) is 33.1. The average Bonchev–Trinajstić information content (AvgIpc) is 2.78. The highest BCUT2D eigenvalue weighted by molar-refractivity contribution is 5.97. The Morgan fingerprint density at radius 2 is 2.00 bits per heavy atom. The van der Waals surface area contributed by atoms with Crippen molar-refractivity contribution in [1.82, 2.24) is 5.32 Å². The minimum Gasteiger partial charge on any atom is -0.450 e. The Bertz CT molecular complexity index is 691. The van der Waals surface area contributed by atoms with Crippen LogP contribution in [0.3, 0.4) is 0 Å². The molecule has 0 aliphatic heterocycles. The van der Waals surface area contributed by atoms with Crippen LogP contribution in [0.25, 0.3) is 11.0 Å². The van der Waals surface area contributed by atoms with E-state index < -0.39 is 24.5 Å². The highest BCUT2D eigenvalue weighted by atomic mass is 16.5. The molecule has 0 unspecified atom stereocenters. The van der Waals surface area contributed by atoms with Crippen molar-refractivity contribution in [3.63, 3.8) is 0 Å². The molecule has 2 rings (SSSR count). The number of rotatable bonds is 3. The fourth-order valence-electron chi connectivity index (χ4n) is 1.54. The highest BCUT2D eigenvalue weighted by Gasteiger charge is 2.16. The van der Waals surface area contributed by atoms with Crippen LogP contribution in [0.2, 0.25) is 0 Å². The average molecular weight is 277 g/mol. The summed E-state index contributed by atoms with van der Waals surface area (Å²) in [5.74, 6) is -1.73. The first-order valence-electron chi connectivity index (χ1n) is 5.51. The number of nitrogen functional groups attached to an aromatic ring is 1. The number of carbonyl (C=O) groups is 3. The maximum Gasteiger partial charge on any atom is 0.374 e. The number of nitrogens with one attached hydrogen (secondary N) is 1. The van der Waals surface area contributed by atoms with Gasteiger partial charge in [-0.2, -0.15) is 0 Å². The molecule has 5 N–H and O–H groups in total. The molecule has 104 valence electrons. The lowest BCUT2D eigenvalue weighted by Crippen LogP contribution is -2.37. The van der Waals surface area contributed by atoms with Crippen molar-refractivity contribution in [2.75, 3.05) is 12.3 Å². The number of hydrogen-bond acceptors (Lipinski definition) is 6. The number of furan rings is 1. The van der Waals surface area contributed by atoms with Gasteiger partial charge in [-0.25, -0.2) is 9.59 Å². The zero-order valence-corrected chi connectivity index (χ0v) is 10.2. The van der Waals surface area contributed by atoms with Crippen LogP contribution in [0.5, 0.6) is 0 Å². The number of ether oxygens (including phenoxy) is 1. The van der Waals surface area contributed by atoms with E-state index in [0.29, 0.717) is 16.7 Å². The SMILES string of the molecule is NC(=O)NC(=O)COC(=O)c1cc2cc(N)ccc2o1. The summed E-state index contributed by atoms with van der Waals surface area (Å²) in [6.07, 6.45) is 0. The van der Waals surface area contributed by atoms with E-state index in [4.69, 9.17) is 15.9 Å². The third-order valence-electron chi connectivity index (χ3n) is 2.34. The Balaban J connectivity index is 2.04. The number of benzene rings is 1. The van der Waals surface area contributed by atoms with Crippen molar-refractivity contribution >= 4 is 34.6 Å². The molecule has 0 bridgehead atoms. The Morgan fingerprint density at radius 3 is 2.70 bits per heavy atom. The maximum atomic E-state index is 11.6. The lowest BCUT2D eigenvalue weighted by Gasteiger charge is -2.01. The van der Waals surface area contributed by atoms with E-state index in [2.05, 4.69) is 4.74 Å². The number of esters is 1. The molecule has 0 aliphatic rings. The van der Waals surface area contributed by atoms with E-state index >= 15 is 0 Å². The van der Waals surface area contributed by atoms with Gasteiger partial charge in [0.2, 0.25) is 5.76 Å². The zero-order valence-electron chi connectivity index (χ0n) is 10.2. The number of imide groups is 1. The summed E-state index contributed by atoms with van der Waals surface area (Å²) in [6.45, 7) is -0.638. The quantitative estimate of drug-likeness (QED) is 0.547. The van der Waals surface area contributed by atoms with E-state index in [-0.39, 0.29) is 5.76 Å². The van der Waals surface area contributed by atoms with Crippen LogP contribution in [-0.4, -0.2) is 24.5 Å². The standard InChI is InChI=1S/C12H11N3O5/c13-7-1-2-8-6(3-7)4-9(20-8)11(17)19-5-10(16)15-12(14)18/h1-4H,5,13H2,(H3,14,15,16,18). The molecule has 0 fully saturated rings. The van der Waals surface area contributed by atoms with Gasteiger partial charge in [-0.05, 0) is 24.3 Å². The second-order valence-corrected chi connectivity index (χ2v) is 3.90. The van der Waals surface area contributed by atoms with Crippen LogP contribution < -0.4 is 16.8 Å². The van der Waals surface area contributed by atoms with Gasteiger partial charge < -0.3 is 20.6 Å². The van der Waals surface area contributed by atoms with Crippen LogP contribution in [0.1, 0.15) is 10.6 Å². The fourth-order valence-corrected chi connectivity index (χ4v) is 1.54. The van der Waals surface area contributed by atoms with E-state index in [9.17, 15) is 14.4 Å². The minimum absolute atomic E-state index is 0.0718. The van der Waals surface area contributed by atoms with Crippen LogP contribution >= 0.6 is 0 Å². The summed E-state index contributed by atoms with van der Waals surface area (Å²) in [6, 6.07) is 5.29. The predicted molar refractivity (Wildman–Crippen MR) is 68.6 cm³/mol. The Hall–Kier alpha value is -3.03. The normalized spacial score (nSPS) is 10.2. The van der Waals surface area contributed by atoms with Crippen LogP contribution in [0.4, 0.5) is 10.5 Å². The smallest absolute Gasteiger partial charge is 0.374 e. The van der Waals surface area contributed by atoms with Gasteiger partial charge in [-0.3, -0.25) is 10.1 Å². The van der Waals surface area contributed by atoms with Gasteiger partial charge in [0.25, 0.3) is 5.91 Å². The molecule has 8 nitrogen and oxygen atoms in total. The third-order valence-corrected chi connectivity index (χ3v) is 2.34. The predicted octanol–water partition coefficient (Wildman–Crippen LogP) is 0.367. The Kier molecular flexibility index (Phi) is 3.56. The topological polar surface area (TPSA) is 138 Å². The summed E-state index contributed by atoms with van der Waals surface area (Å²) < 4.78 is 9.91. The van der Waals surface area contributed by atoms with Gasteiger partial charge in [0.05, 0.1) is 0 Å². The number of hydrogen-bond donors (Lipinski definition) is 3. The molecular formula is C12H11N3O5. The molecular weight excluding hydrogens is 266 g/mol. The third kappa shape index (κ3) is 3.05. The summed E-state index contributed by atoms with van der Waals surface area (Å²) in [7, 11) is 0. The second-order valence-electron chi connectivity index (χ2n) is 3.90. The molecule has 0 spiro atoms. The molecule has 1 heterocycles. The van der Waals surface area contributed by atoms with E-state index in [0.717, 1.165) is 0 Å². The zero-order chi connectivity index (χ0) is 14.7. The largest absolute Gasteiger partial charge is 0.450 e. The van der Waals surface area contributed by atoms with Crippen molar-refractivity contribution in [2.24, 2.45) is 5.73 Å². The van der Waals surface area contributed by atoms with Crippen LogP contribution in [0.15, 0.2) is 28.7 Å². The summed E-state index contributed by atoms with van der Waals surface area (Å²) in [5, 5.41) is 2.40. The van der Waals surface area contributed by atoms with E-state index in [1.165, 1.54) is 6.07 Å². The first-order chi connectivity index (χ1) is 9.45. The first-order valence-corrected chi connectivity index (χ1v) is 5.51. The molecule has 20 heavy (non-hydrogen) atoms. The summed E-state index contributed by atoms with van der Waals surface area (Å²) in [5.41, 5.74) is 11.3. The first kappa shape index (κ1) is 13.4. The molecule has 0 radical (unpaired) electrons. The number of primary amides is 1. The minimum atomic E-state index is -1.02. The number of fused-ring (bicyclic) bond motifs is 1. The number of carbonyl (C=O) groups excluding carboxylic acids is 3. The number of anilines is 1. The molecule has 3 amide bonds. The maximum absolute atomic E-state index is 11.6. The van der Waals surface area contributed by atoms with Gasteiger partial charge in [0, 0.05) is 11.1 Å². The van der Waals surface area contributed by atoms with E-state index in [1.807, 2.05) is 0 Å². The van der Waals surface area contributed by atoms with Crippen molar-refractivity contribution in [1.29, 1.82) is 0 Å². The van der Waals surface area contributed by atoms with Gasteiger partial charge in [-0.1, -0.05) is 0 Å². The molecule has 8 heteroatoms. The monoisotopic (exact) mass is 277 g/mol. The molecule has 0 saturated carbocycles. The van der Waals surface area contributed by atoms with Crippen LogP contribution in [0, 0.1) is 0 Å². The lowest BCUT2D eigenvalue weighted by atomic mass is 10.2. The number of urea groups is 1. The van der Waals surface area contributed by atoms with Crippen LogP contribution in [-0.2, 0) is 9.53 Å². The van der Waals surface area contributed by atoms with E-state index in [1.54, 1.807) is 23.5 Å². The Labute approximate surface area is 112 Å². The molecule has 2 aromatic rings. The summed E-state index contributed by atoms with van der Waals surface area (Å²) >= 11 is 0. The lowest BCUT2D eigenvalue weighted by molar-refractivity contribution is -0.123. The van der Waals surface area contributed by atoms with Crippen molar-refractivity contribution in [2.45, 2.75) is 0 Å². The molecule has 0 saturated heterocycles. The van der Waals surface area contributed by atoms with Gasteiger partial charge in [-0.15, -0.1) is 0 Å². The molecule has 1 aromatic heterocycles. The van der Waals surface area contributed by atoms with Crippen molar-refractivity contribution < 1.29 is 23.5 Å². The number of amides is 3.